The molecule has 62 valence electrons. The third-order valence-electron chi connectivity index (χ3n) is 1.45. The van der Waals surface area contributed by atoms with Crippen molar-refractivity contribution in [2.45, 2.75) is 39.0 Å². The first kappa shape index (κ1) is 10.7. The molecule has 0 heterocycles. The first-order valence-corrected chi connectivity index (χ1v) is 6.80. The molecule has 0 aliphatic rings. The van der Waals surface area contributed by atoms with E-state index in [2.05, 4.69) is 13.2 Å². The fraction of sp³-hybridized carbons (Fsp3) is 1.00. The lowest BCUT2D eigenvalue weighted by Gasteiger charge is -1.97. The Morgan fingerprint density at radius 1 is 1.00 bits per heavy atom. The lowest BCUT2D eigenvalue weighted by molar-refractivity contribution is 0.660. The Morgan fingerprint density at radius 2 is 1.70 bits per heavy atom. The van der Waals surface area contributed by atoms with Crippen molar-refractivity contribution >= 4 is 21.6 Å². The first-order chi connectivity index (χ1) is 4.91. The molecule has 0 N–H and O–H groups in total. The van der Waals surface area contributed by atoms with Crippen LogP contribution in [0.3, 0.4) is 0 Å². The molecule has 0 saturated heterocycles. The highest BCUT2D eigenvalue weighted by atomic mass is 33.1. The second-order valence-electron chi connectivity index (χ2n) is 2.40. The largest absolute Gasteiger partial charge is 0.0976 e. The van der Waals surface area contributed by atoms with Crippen molar-refractivity contribution in [2.75, 3.05) is 12.0 Å². The summed E-state index contributed by atoms with van der Waals surface area (Å²) in [5.74, 6) is 1.34. The third kappa shape index (κ3) is 8.70. The van der Waals surface area contributed by atoms with E-state index in [-0.39, 0.29) is 0 Å². The van der Waals surface area contributed by atoms with Crippen molar-refractivity contribution in [3.63, 3.8) is 0 Å². The van der Waals surface area contributed by atoms with E-state index in [0.29, 0.717) is 0 Å². The molecular formula is C8H18S2. The Labute approximate surface area is 72.9 Å². The van der Waals surface area contributed by atoms with Crippen LogP contribution in [0.15, 0.2) is 0 Å². The van der Waals surface area contributed by atoms with E-state index in [9.17, 15) is 0 Å². The topological polar surface area (TPSA) is 0 Å². The fourth-order valence-electron chi connectivity index (χ4n) is 0.848. The van der Waals surface area contributed by atoms with Crippen LogP contribution < -0.4 is 0 Å². The van der Waals surface area contributed by atoms with E-state index in [0.717, 1.165) is 0 Å². The quantitative estimate of drug-likeness (QED) is 0.427. The van der Waals surface area contributed by atoms with Crippen LogP contribution >= 0.6 is 21.6 Å². The second-order valence-corrected chi connectivity index (χ2v) is 5.09. The van der Waals surface area contributed by atoms with Gasteiger partial charge in [0.25, 0.3) is 0 Å². The summed E-state index contributed by atoms with van der Waals surface area (Å²) in [5.41, 5.74) is 0. The predicted octanol–water partition coefficient (Wildman–Crippen LogP) is 3.97. The summed E-state index contributed by atoms with van der Waals surface area (Å²) in [6.07, 6.45) is 9.20. The Morgan fingerprint density at radius 3 is 2.30 bits per heavy atom. The van der Waals surface area contributed by atoms with Gasteiger partial charge in [-0.05, 0) is 12.7 Å². The number of unbranched alkanes of at least 4 members (excludes halogenated alkanes) is 4. The zero-order chi connectivity index (χ0) is 7.66. The molecule has 0 spiro atoms. The van der Waals surface area contributed by atoms with Crippen LogP contribution in [0.1, 0.15) is 39.0 Å². The zero-order valence-electron chi connectivity index (χ0n) is 7.06. The van der Waals surface area contributed by atoms with Gasteiger partial charge in [-0.3, -0.25) is 0 Å². The number of rotatable bonds is 7. The van der Waals surface area contributed by atoms with Gasteiger partial charge >= 0.3 is 0 Å². The molecule has 0 rings (SSSR count). The van der Waals surface area contributed by atoms with E-state index in [1.165, 1.54) is 37.9 Å². The van der Waals surface area contributed by atoms with Crippen LogP contribution in [0.5, 0.6) is 0 Å². The summed E-state index contributed by atoms with van der Waals surface area (Å²) in [4.78, 5) is 0. The molecule has 0 aliphatic carbocycles. The lowest BCUT2D eigenvalue weighted by atomic mass is 10.2. The maximum atomic E-state index is 2.26. The maximum Gasteiger partial charge on any atom is 0.00368 e. The molecular weight excluding hydrogens is 160 g/mol. The monoisotopic (exact) mass is 178 g/mol. The highest BCUT2D eigenvalue weighted by Gasteiger charge is 1.88. The van der Waals surface area contributed by atoms with Crippen LogP contribution in [0.25, 0.3) is 0 Å². The van der Waals surface area contributed by atoms with Crippen molar-refractivity contribution in [2.24, 2.45) is 0 Å². The van der Waals surface area contributed by atoms with Gasteiger partial charge in [0.15, 0.2) is 0 Å². The van der Waals surface area contributed by atoms with Gasteiger partial charge in [0.05, 0.1) is 0 Å². The zero-order valence-corrected chi connectivity index (χ0v) is 8.69. The Bertz CT molecular complexity index is 47.2. The molecule has 0 nitrogen and oxygen atoms in total. The minimum Gasteiger partial charge on any atom is -0.0976 e. The van der Waals surface area contributed by atoms with E-state index in [1.54, 1.807) is 0 Å². The van der Waals surface area contributed by atoms with Crippen molar-refractivity contribution in [3.05, 3.63) is 0 Å². The molecule has 0 aromatic carbocycles. The highest BCUT2D eigenvalue weighted by Crippen LogP contribution is 2.18. The summed E-state index contributed by atoms with van der Waals surface area (Å²) < 4.78 is 0. The molecule has 0 bridgehead atoms. The van der Waals surface area contributed by atoms with E-state index >= 15 is 0 Å². The van der Waals surface area contributed by atoms with Crippen molar-refractivity contribution in [3.8, 4) is 0 Å². The van der Waals surface area contributed by atoms with E-state index in [4.69, 9.17) is 0 Å². The van der Waals surface area contributed by atoms with Crippen molar-refractivity contribution in [1.29, 1.82) is 0 Å². The van der Waals surface area contributed by atoms with Crippen molar-refractivity contribution in [1.82, 2.24) is 0 Å². The third-order valence-corrected chi connectivity index (χ3v) is 3.35. The summed E-state index contributed by atoms with van der Waals surface area (Å²) in [6.45, 7) is 2.26. The van der Waals surface area contributed by atoms with E-state index in [1.807, 2.05) is 21.6 Å². The standard InChI is InChI=1S/C8H18S2/c1-3-4-5-6-7-8-10-9-2/h3-8H2,1-2H3. The fourth-order valence-corrected chi connectivity index (χ4v) is 2.19. The van der Waals surface area contributed by atoms with Crippen LogP contribution in [0, 0.1) is 0 Å². The molecule has 0 fully saturated rings. The molecule has 2 heteroatoms. The predicted molar refractivity (Wildman–Crippen MR) is 54.7 cm³/mol. The smallest absolute Gasteiger partial charge is 0.00368 e. The summed E-state index contributed by atoms with van der Waals surface area (Å²) in [6, 6.07) is 0. The Hall–Kier alpha value is 0.700. The van der Waals surface area contributed by atoms with Gasteiger partial charge in [-0.25, -0.2) is 0 Å². The van der Waals surface area contributed by atoms with Crippen LogP contribution in [0.2, 0.25) is 0 Å². The molecule has 0 saturated carbocycles. The maximum absolute atomic E-state index is 2.26. The van der Waals surface area contributed by atoms with Gasteiger partial charge in [-0.2, -0.15) is 0 Å². The molecule has 0 amide bonds. The van der Waals surface area contributed by atoms with Gasteiger partial charge in [-0.15, -0.1) is 0 Å². The average molecular weight is 178 g/mol. The minimum atomic E-state index is 1.34. The summed E-state index contributed by atoms with van der Waals surface area (Å²) in [5, 5.41) is 0. The molecule has 0 unspecified atom stereocenters. The molecule has 0 aliphatic heterocycles. The molecule has 10 heavy (non-hydrogen) atoms. The molecule has 0 aromatic heterocycles. The molecule has 0 aromatic rings. The highest BCUT2D eigenvalue weighted by molar-refractivity contribution is 8.76. The lowest BCUT2D eigenvalue weighted by Crippen LogP contribution is -1.78. The number of hydrogen-bond donors (Lipinski definition) is 0. The van der Waals surface area contributed by atoms with Gasteiger partial charge in [-0.1, -0.05) is 54.2 Å². The van der Waals surface area contributed by atoms with Crippen LogP contribution in [0.4, 0.5) is 0 Å². The second kappa shape index (κ2) is 9.70. The number of hydrogen-bond acceptors (Lipinski definition) is 2. The summed E-state index contributed by atoms with van der Waals surface area (Å²) >= 11 is 0. The SMILES string of the molecule is CCCCCCCSSC. The first-order valence-electron chi connectivity index (χ1n) is 4.07. The van der Waals surface area contributed by atoms with E-state index < -0.39 is 0 Å². The molecule has 0 atom stereocenters. The molecule has 0 radical (unpaired) electrons. The Kier molecular flexibility index (Phi) is 10.4. The Balaban J connectivity index is 2.65. The van der Waals surface area contributed by atoms with Gasteiger partial charge in [0.1, 0.15) is 0 Å². The van der Waals surface area contributed by atoms with Gasteiger partial charge in [0, 0.05) is 5.75 Å². The van der Waals surface area contributed by atoms with Crippen LogP contribution in [-0.2, 0) is 0 Å². The average Bonchev–Trinajstić information content (AvgIpc) is 1.97. The summed E-state index contributed by atoms with van der Waals surface area (Å²) in [7, 11) is 3.86. The normalized spacial score (nSPS) is 10.2. The van der Waals surface area contributed by atoms with Gasteiger partial charge in [0.2, 0.25) is 0 Å². The van der Waals surface area contributed by atoms with Gasteiger partial charge < -0.3 is 0 Å². The van der Waals surface area contributed by atoms with Crippen molar-refractivity contribution < 1.29 is 0 Å². The van der Waals surface area contributed by atoms with Crippen LogP contribution in [-0.4, -0.2) is 12.0 Å². The minimum absolute atomic E-state index is 1.34.